The van der Waals surface area contributed by atoms with Crippen LogP contribution in [0.4, 0.5) is 0 Å². The Labute approximate surface area is 171 Å². The highest BCUT2D eigenvalue weighted by Crippen LogP contribution is 2.24. The third-order valence-corrected chi connectivity index (χ3v) is 4.41. The molecule has 30 heavy (non-hydrogen) atoms. The summed E-state index contributed by atoms with van der Waals surface area (Å²) in [5, 5.41) is 14.6. The van der Waals surface area contributed by atoms with E-state index < -0.39 is 22.7 Å². The third-order valence-electron chi connectivity index (χ3n) is 4.41. The predicted octanol–water partition coefficient (Wildman–Crippen LogP) is 3.80. The minimum absolute atomic E-state index is 0.223. The highest BCUT2D eigenvalue weighted by Gasteiger charge is 2.17. The molecule has 0 atom stereocenters. The number of aromatic nitrogens is 3. The van der Waals surface area contributed by atoms with Crippen LogP contribution in [0, 0.1) is 6.92 Å². The molecule has 4 rings (SSSR count). The molecule has 7 heteroatoms. The molecule has 0 radical (unpaired) electrons. The first-order chi connectivity index (χ1) is 14.5. The zero-order chi connectivity index (χ0) is 21.1. The van der Waals surface area contributed by atoms with Gasteiger partial charge in [0.25, 0.3) is 0 Å². The van der Waals surface area contributed by atoms with E-state index in [1.807, 2.05) is 36.4 Å². The van der Waals surface area contributed by atoms with Gasteiger partial charge in [-0.15, -0.1) is 0 Å². The Morgan fingerprint density at radius 1 is 1.17 bits per heavy atom. The first-order valence-electron chi connectivity index (χ1n) is 9.14. The zero-order valence-electron chi connectivity index (χ0n) is 16.0. The van der Waals surface area contributed by atoms with E-state index in [0.717, 1.165) is 11.3 Å². The number of nitrogens with zero attached hydrogens (tertiary/aromatic N) is 3. The van der Waals surface area contributed by atoms with Crippen LogP contribution in [0.15, 0.2) is 82.4 Å². The van der Waals surface area contributed by atoms with Crippen LogP contribution in [0.5, 0.6) is 5.75 Å². The topological polar surface area (TPSA) is 98.2 Å². The summed E-state index contributed by atoms with van der Waals surface area (Å²) < 4.78 is 6.62. The van der Waals surface area contributed by atoms with Gasteiger partial charge in [-0.2, -0.15) is 5.10 Å². The van der Waals surface area contributed by atoms with E-state index in [1.54, 1.807) is 35.4 Å². The van der Waals surface area contributed by atoms with Gasteiger partial charge in [-0.05, 0) is 43.3 Å². The maximum atomic E-state index is 12.5. The van der Waals surface area contributed by atoms with Crippen molar-refractivity contribution in [3.8, 4) is 22.7 Å². The zero-order valence-corrected chi connectivity index (χ0v) is 16.0. The van der Waals surface area contributed by atoms with Crippen LogP contribution < -0.4 is 5.63 Å². The first kappa shape index (κ1) is 19.1. The Kier molecular flexibility index (Phi) is 5.09. The summed E-state index contributed by atoms with van der Waals surface area (Å²) >= 11 is 0. The summed E-state index contributed by atoms with van der Waals surface area (Å²) in [6, 6.07) is 14.4. The van der Waals surface area contributed by atoms with Crippen LogP contribution in [0.25, 0.3) is 23.0 Å². The Morgan fingerprint density at radius 3 is 2.67 bits per heavy atom. The monoisotopic (exact) mass is 399 g/mol. The molecule has 148 valence electrons. The third kappa shape index (κ3) is 3.81. The summed E-state index contributed by atoms with van der Waals surface area (Å²) in [5.41, 5.74) is 1.61. The molecular weight excluding hydrogens is 382 g/mol. The molecule has 0 fully saturated rings. The molecule has 4 aromatic rings. The van der Waals surface area contributed by atoms with Crippen LogP contribution in [0.2, 0.25) is 0 Å². The molecule has 0 aliphatic heterocycles. The molecule has 1 N–H and O–H groups in total. The highest BCUT2D eigenvalue weighted by atomic mass is 16.4. The maximum Gasteiger partial charge on any atom is 0.351 e. The van der Waals surface area contributed by atoms with Gasteiger partial charge < -0.3 is 9.52 Å². The molecule has 3 aromatic heterocycles. The number of rotatable bonds is 5. The fraction of sp³-hybridized carbons (Fsp3) is 0.0435. The number of para-hydroxylation sites is 1. The Balaban J connectivity index is 1.76. The van der Waals surface area contributed by atoms with Gasteiger partial charge in [0.2, 0.25) is 0 Å². The van der Waals surface area contributed by atoms with E-state index in [0.29, 0.717) is 11.3 Å². The quantitative estimate of drug-likeness (QED) is 0.405. The normalized spacial score (nSPS) is 11.1. The number of benzene rings is 1. The van der Waals surface area contributed by atoms with Gasteiger partial charge in [0.05, 0.1) is 5.69 Å². The number of carbonyl (C=O) groups is 1. The number of carbonyl (C=O) groups excluding carboxylic acids is 1. The Hall–Kier alpha value is -4.26. The fourth-order valence-corrected chi connectivity index (χ4v) is 3.02. The smallest absolute Gasteiger partial charge is 0.351 e. The van der Waals surface area contributed by atoms with Gasteiger partial charge in [-0.25, -0.2) is 9.48 Å². The van der Waals surface area contributed by atoms with Crippen molar-refractivity contribution < 1.29 is 14.3 Å². The van der Waals surface area contributed by atoms with E-state index in [-0.39, 0.29) is 5.76 Å². The minimum atomic E-state index is -0.880. The fourth-order valence-electron chi connectivity index (χ4n) is 3.02. The number of pyridine rings is 1. The minimum Gasteiger partial charge on any atom is -0.507 e. The van der Waals surface area contributed by atoms with Crippen LogP contribution in [0.3, 0.4) is 0 Å². The second-order valence-corrected chi connectivity index (χ2v) is 6.56. The molecule has 0 spiro atoms. The van der Waals surface area contributed by atoms with E-state index in [1.165, 1.54) is 19.1 Å². The average molecular weight is 399 g/mol. The van der Waals surface area contributed by atoms with Crippen LogP contribution >= 0.6 is 0 Å². The van der Waals surface area contributed by atoms with Gasteiger partial charge in [-0.1, -0.05) is 18.2 Å². The molecule has 3 heterocycles. The molecule has 7 nitrogen and oxygen atoms in total. The maximum absolute atomic E-state index is 12.5. The molecule has 0 aliphatic rings. The molecule has 0 amide bonds. The number of hydrogen-bond acceptors (Lipinski definition) is 6. The second kappa shape index (κ2) is 8.00. The van der Waals surface area contributed by atoms with Gasteiger partial charge in [0.15, 0.2) is 5.78 Å². The molecule has 0 unspecified atom stereocenters. The molecule has 0 saturated carbocycles. The Morgan fingerprint density at radius 2 is 1.97 bits per heavy atom. The average Bonchev–Trinajstić information content (AvgIpc) is 3.17. The molecule has 0 aliphatic carbocycles. The van der Waals surface area contributed by atoms with Gasteiger partial charge in [-0.3, -0.25) is 9.78 Å². The summed E-state index contributed by atoms with van der Waals surface area (Å²) in [4.78, 5) is 28.7. The van der Waals surface area contributed by atoms with Crippen molar-refractivity contribution >= 4 is 11.9 Å². The standard InChI is InChI=1S/C23H17N3O4/c1-15-12-20(28)21(23(29)30-15)19(27)10-9-17-14-26(18-7-3-2-4-8-18)25-22(17)16-6-5-11-24-13-16/h2-14,28H,1H3/b10-9+. The molecule has 0 saturated heterocycles. The lowest BCUT2D eigenvalue weighted by molar-refractivity contribution is 0.104. The van der Waals surface area contributed by atoms with E-state index in [4.69, 9.17) is 4.42 Å². The molecule has 1 aromatic carbocycles. The molecule has 0 bridgehead atoms. The first-order valence-corrected chi connectivity index (χ1v) is 9.14. The van der Waals surface area contributed by atoms with E-state index >= 15 is 0 Å². The number of hydrogen-bond donors (Lipinski definition) is 1. The van der Waals surface area contributed by atoms with Crippen molar-refractivity contribution in [2.45, 2.75) is 6.92 Å². The van der Waals surface area contributed by atoms with E-state index in [2.05, 4.69) is 10.1 Å². The number of allylic oxidation sites excluding steroid dienone is 1. The number of aryl methyl sites for hydroxylation is 1. The van der Waals surface area contributed by atoms with Gasteiger partial charge in [0.1, 0.15) is 22.8 Å². The van der Waals surface area contributed by atoms with Crippen molar-refractivity contribution in [3.05, 3.63) is 101 Å². The number of ketones is 1. The predicted molar refractivity (Wildman–Crippen MR) is 112 cm³/mol. The number of aromatic hydroxyl groups is 1. The lowest BCUT2D eigenvalue weighted by atomic mass is 10.1. The van der Waals surface area contributed by atoms with Crippen LogP contribution in [-0.4, -0.2) is 25.7 Å². The van der Waals surface area contributed by atoms with Crippen molar-refractivity contribution in [1.29, 1.82) is 0 Å². The molecular formula is C23H17N3O4. The summed E-state index contributed by atoms with van der Waals surface area (Å²) in [6.45, 7) is 1.52. The largest absolute Gasteiger partial charge is 0.507 e. The second-order valence-electron chi connectivity index (χ2n) is 6.56. The van der Waals surface area contributed by atoms with Gasteiger partial charge in [0, 0.05) is 35.8 Å². The Bertz CT molecular complexity index is 1290. The summed E-state index contributed by atoms with van der Waals surface area (Å²) in [7, 11) is 0. The van der Waals surface area contributed by atoms with Gasteiger partial charge >= 0.3 is 5.63 Å². The van der Waals surface area contributed by atoms with Crippen molar-refractivity contribution in [3.63, 3.8) is 0 Å². The van der Waals surface area contributed by atoms with Crippen LogP contribution in [0.1, 0.15) is 21.7 Å². The lowest BCUT2D eigenvalue weighted by Gasteiger charge is -2.00. The summed E-state index contributed by atoms with van der Waals surface area (Å²) in [6.07, 6.45) is 7.88. The summed E-state index contributed by atoms with van der Waals surface area (Å²) in [5.74, 6) is -0.849. The van der Waals surface area contributed by atoms with Crippen LogP contribution in [-0.2, 0) is 0 Å². The van der Waals surface area contributed by atoms with E-state index in [9.17, 15) is 14.7 Å². The van der Waals surface area contributed by atoms with Crippen molar-refractivity contribution in [1.82, 2.24) is 14.8 Å². The SMILES string of the molecule is Cc1cc(O)c(C(=O)/C=C/c2cn(-c3ccccc3)nc2-c2cccnc2)c(=O)o1. The lowest BCUT2D eigenvalue weighted by Crippen LogP contribution is -2.12. The highest BCUT2D eigenvalue weighted by molar-refractivity contribution is 6.08. The van der Waals surface area contributed by atoms with Crippen molar-refractivity contribution in [2.75, 3.05) is 0 Å². The van der Waals surface area contributed by atoms with Crippen molar-refractivity contribution in [2.24, 2.45) is 0 Å².